The molecule has 2 heterocycles. The molecule has 0 unspecified atom stereocenters. The van der Waals surface area contributed by atoms with Gasteiger partial charge in [-0.15, -0.1) is 0 Å². The summed E-state index contributed by atoms with van der Waals surface area (Å²) in [6.07, 6.45) is 5.60. The third-order valence-electron chi connectivity index (χ3n) is 5.01. The van der Waals surface area contributed by atoms with Crippen LogP contribution < -0.4 is 15.5 Å². The number of benzene rings is 1. The zero-order chi connectivity index (χ0) is 19.1. The second-order valence-corrected chi connectivity index (χ2v) is 7.11. The molecule has 2 amide bonds. The van der Waals surface area contributed by atoms with Crippen molar-refractivity contribution in [2.75, 3.05) is 50.2 Å². The maximum Gasteiger partial charge on any atom is 0.253 e. The van der Waals surface area contributed by atoms with Gasteiger partial charge >= 0.3 is 0 Å². The minimum absolute atomic E-state index is 0.0194. The summed E-state index contributed by atoms with van der Waals surface area (Å²) in [6.45, 7) is 3.15. The molecule has 2 saturated heterocycles. The van der Waals surface area contributed by atoms with E-state index >= 15 is 0 Å². The van der Waals surface area contributed by atoms with Gasteiger partial charge in [-0.1, -0.05) is 0 Å². The Bertz CT molecular complexity index is 653. The number of rotatable bonds is 7. The molecule has 0 saturated carbocycles. The van der Waals surface area contributed by atoms with E-state index in [1.54, 1.807) is 6.07 Å². The smallest absolute Gasteiger partial charge is 0.253 e. The van der Waals surface area contributed by atoms with E-state index in [0.29, 0.717) is 17.8 Å². The molecule has 2 aliphatic rings. The van der Waals surface area contributed by atoms with E-state index in [1.807, 2.05) is 12.1 Å². The zero-order valence-electron chi connectivity index (χ0n) is 16.0. The Morgan fingerprint density at radius 1 is 1.22 bits per heavy atom. The maximum absolute atomic E-state index is 12.9. The van der Waals surface area contributed by atoms with Crippen LogP contribution in [0.15, 0.2) is 18.2 Å². The van der Waals surface area contributed by atoms with Gasteiger partial charge in [0, 0.05) is 44.7 Å². The van der Waals surface area contributed by atoms with Gasteiger partial charge in [0.05, 0.1) is 11.7 Å². The first-order chi connectivity index (χ1) is 13.2. The van der Waals surface area contributed by atoms with E-state index in [9.17, 15) is 9.59 Å². The molecule has 0 aliphatic carbocycles. The molecule has 0 aromatic heterocycles. The average molecular weight is 375 g/mol. The fraction of sp³-hybridized carbons (Fsp3) is 0.600. The van der Waals surface area contributed by atoms with Gasteiger partial charge in [-0.25, -0.2) is 0 Å². The Kier molecular flexibility index (Phi) is 7.06. The lowest BCUT2D eigenvalue weighted by molar-refractivity contribution is -0.119. The highest BCUT2D eigenvalue weighted by Gasteiger charge is 2.21. The van der Waals surface area contributed by atoms with Crippen LogP contribution in [-0.2, 0) is 14.3 Å². The Morgan fingerprint density at radius 3 is 2.74 bits per heavy atom. The molecule has 1 aromatic carbocycles. The molecule has 148 valence electrons. The van der Waals surface area contributed by atoms with E-state index in [1.165, 1.54) is 13.5 Å². The molecule has 1 aromatic rings. The summed E-state index contributed by atoms with van der Waals surface area (Å²) in [5.41, 5.74) is 2.11. The van der Waals surface area contributed by atoms with Crippen LogP contribution >= 0.6 is 0 Å². The van der Waals surface area contributed by atoms with Crippen molar-refractivity contribution in [3.8, 4) is 0 Å². The summed E-state index contributed by atoms with van der Waals surface area (Å²) in [5.74, 6) is -0.372. The molecular weight excluding hydrogens is 346 g/mol. The van der Waals surface area contributed by atoms with E-state index < -0.39 is 0 Å². The number of hydrogen-bond acceptors (Lipinski definition) is 5. The zero-order valence-corrected chi connectivity index (χ0v) is 16.0. The van der Waals surface area contributed by atoms with E-state index in [4.69, 9.17) is 9.47 Å². The van der Waals surface area contributed by atoms with Gasteiger partial charge in [0.1, 0.15) is 6.61 Å². The largest absolute Gasteiger partial charge is 0.376 e. The van der Waals surface area contributed by atoms with Crippen LogP contribution in [-0.4, -0.2) is 57.9 Å². The highest BCUT2D eigenvalue weighted by atomic mass is 16.5. The standard InChI is InChI=1S/C20H29N3O4/c1-26-14-19(24)22-15-7-8-18(23-9-3-2-4-10-23)17(12-15)20(25)21-13-16-6-5-11-27-16/h7-8,12,16H,2-6,9-11,13-14H2,1H3,(H,21,25)(H,22,24)/t16-/m1/s1. The lowest BCUT2D eigenvalue weighted by Crippen LogP contribution is -2.35. The Hall–Kier alpha value is -2.12. The van der Waals surface area contributed by atoms with Crippen LogP contribution in [0, 0.1) is 0 Å². The lowest BCUT2D eigenvalue weighted by Gasteiger charge is -2.30. The van der Waals surface area contributed by atoms with Crippen LogP contribution in [0.25, 0.3) is 0 Å². The highest BCUT2D eigenvalue weighted by Crippen LogP contribution is 2.27. The molecule has 27 heavy (non-hydrogen) atoms. The molecule has 0 radical (unpaired) electrons. The predicted molar refractivity (Wildman–Crippen MR) is 104 cm³/mol. The van der Waals surface area contributed by atoms with Crippen molar-refractivity contribution >= 4 is 23.2 Å². The molecule has 7 heteroatoms. The third-order valence-corrected chi connectivity index (χ3v) is 5.01. The molecule has 1 atom stereocenters. The Morgan fingerprint density at radius 2 is 2.04 bits per heavy atom. The minimum Gasteiger partial charge on any atom is -0.376 e. The Labute approximate surface area is 160 Å². The molecular formula is C20H29N3O4. The number of piperidine rings is 1. The number of carbonyl (C=O) groups excluding carboxylic acids is 2. The maximum atomic E-state index is 12.9. The molecule has 2 N–H and O–H groups in total. The van der Waals surface area contributed by atoms with Crippen molar-refractivity contribution in [3.63, 3.8) is 0 Å². The SMILES string of the molecule is COCC(=O)Nc1ccc(N2CCCCC2)c(C(=O)NC[C@H]2CCCO2)c1. The quantitative estimate of drug-likeness (QED) is 0.764. The van der Waals surface area contributed by atoms with Crippen LogP contribution in [0.5, 0.6) is 0 Å². The van der Waals surface area contributed by atoms with E-state index in [-0.39, 0.29) is 24.5 Å². The second kappa shape index (κ2) is 9.71. The first-order valence-electron chi connectivity index (χ1n) is 9.75. The first kappa shape index (κ1) is 19.6. The van der Waals surface area contributed by atoms with Crippen molar-refractivity contribution in [1.82, 2.24) is 5.32 Å². The summed E-state index contributed by atoms with van der Waals surface area (Å²) in [7, 11) is 1.48. The predicted octanol–water partition coefficient (Wildman–Crippen LogP) is 2.17. The number of carbonyl (C=O) groups is 2. The van der Waals surface area contributed by atoms with Crippen molar-refractivity contribution in [1.29, 1.82) is 0 Å². The van der Waals surface area contributed by atoms with Gasteiger partial charge in [-0.2, -0.15) is 0 Å². The minimum atomic E-state index is -0.242. The van der Waals surface area contributed by atoms with Crippen LogP contribution in [0.4, 0.5) is 11.4 Å². The van der Waals surface area contributed by atoms with Crippen LogP contribution in [0.1, 0.15) is 42.5 Å². The number of methoxy groups -OCH3 is 1. The number of amides is 2. The van der Waals surface area contributed by atoms with Crippen molar-refractivity contribution in [2.45, 2.75) is 38.2 Å². The molecule has 2 fully saturated rings. The van der Waals surface area contributed by atoms with Crippen molar-refractivity contribution in [2.24, 2.45) is 0 Å². The number of nitrogens with one attached hydrogen (secondary N) is 2. The summed E-state index contributed by atoms with van der Waals surface area (Å²) in [5, 5.41) is 5.78. The van der Waals surface area contributed by atoms with Gasteiger partial charge < -0.3 is 25.0 Å². The molecule has 3 rings (SSSR count). The lowest BCUT2D eigenvalue weighted by atomic mass is 10.1. The van der Waals surface area contributed by atoms with Crippen LogP contribution in [0.2, 0.25) is 0 Å². The topological polar surface area (TPSA) is 79.9 Å². The van der Waals surface area contributed by atoms with Gasteiger partial charge in [0.2, 0.25) is 5.91 Å². The molecule has 0 spiro atoms. The fourth-order valence-electron chi connectivity index (χ4n) is 3.64. The van der Waals surface area contributed by atoms with E-state index in [0.717, 1.165) is 51.1 Å². The average Bonchev–Trinajstić information content (AvgIpc) is 3.20. The number of ether oxygens (including phenoxy) is 2. The van der Waals surface area contributed by atoms with Gasteiger partial charge in [0.25, 0.3) is 5.91 Å². The number of nitrogens with zero attached hydrogens (tertiary/aromatic N) is 1. The molecule has 2 aliphatic heterocycles. The summed E-state index contributed by atoms with van der Waals surface area (Å²) in [4.78, 5) is 27.0. The van der Waals surface area contributed by atoms with Crippen LogP contribution in [0.3, 0.4) is 0 Å². The van der Waals surface area contributed by atoms with Gasteiger partial charge in [-0.3, -0.25) is 9.59 Å². The Balaban J connectivity index is 1.76. The van der Waals surface area contributed by atoms with Gasteiger partial charge in [-0.05, 0) is 50.3 Å². The summed E-state index contributed by atoms with van der Waals surface area (Å²) >= 11 is 0. The van der Waals surface area contributed by atoms with Gasteiger partial charge in [0.15, 0.2) is 0 Å². The molecule has 7 nitrogen and oxygen atoms in total. The van der Waals surface area contributed by atoms with E-state index in [2.05, 4.69) is 15.5 Å². The normalized spacial score (nSPS) is 19.7. The first-order valence-corrected chi connectivity index (χ1v) is 9.75. The van der Waals surface area contributed by atoms with Crippen molar-refractivity contribution in [3.05, 3.63) is 23.8 Å². The summed E-state index contributed by atoms with van der Waals surface area (Å²) in [6, 6.07) is 5.52. The second-order valence-electron chi connectivity index (χ2n) is 7.11. The molecule has 0 bridgehead atoms. The summed E-state index contributed by atoms with van der Waals surface area (Å²) < 4.78 is 10.4. The monoisotopic (exact) mass is 375 g/mol. The fourth-order valence-corrected chi connectivity index (χ4v) is 3.64. The number of hydrogen-bond donors (Lipinski definition) is 2. The number of anilines is 2. The third kappa shape index (κ3) is 5.43. The van der Waals surface area contributed by atoms with Crippen molar-refractivity contribution < 1.29 is 19.1 Å². The highest BCUT2D eigenvalue weighted by molar-refractivity contribution is 6.02.